The van der Waals surface area contributed by atoms with E-state index in [9.17, 15) is 22.0 Å². The maximum atomic E-state index is 15.8. The van der Waals surface area contributed by atoms with Crippen molar-refractivity contribution in [1.29, 1.82) is 0 Å². The minimum Gasteiger partial charge on any atom is -0.455 e. The van der Waals surface area contributed by atoms with Crippen LogP contribution >= 0.6 is 0 Å². The number of hydrogen-bond donors (Lipinski definition) is 1. The van der Waals surface area contributed by atoms with E-state index in [4.69, 9.17) is 4.42 Å². The Bertz CT molecular complexity index is 2260. The van der Waals surface area contributed by atoms with E-state index in [2.05, 4.69) is 10.3 Å². The maximum absolute atomic E-state index is 15.8. The molecule has 2 heterocycles. The Labute approximate surface area is 256 Å². The molecule has 1 N–H and O–H groups in total. The number of furan rings is 1. The van der Waals surface area contributed by atoms with Crippen LogP contribution in [0.15, 0.2) is 71.1 Å². The highest BCUT2D eigenvalue weighted by atomic mass is 32.2. The Morgan fingerprint density at radius 2 is 1.60 bits per heavy atom. The molecule has 0 aliphatic heterocycles. The summed E-state index contributed by atoms with van der Waals surface area (Å²) in [7, 11) is -0.997. The molecular weight excluding hydrogens is 605 g/mol. The van der Waals surface area contributed by atoms with E-state index in [1.54, 1.807) is 19.1 Å². The summed E-state index contributed by atoms with van der Waals surface area (Å²) in [5.74, 6) is -2.28. The first-order valence-electron chi connectivity index (χ1n) is 13.8. The molecule has 45 heavy (non-hydrogen) atoms. The van der Waals surface area contributed by atoms with Gasteiger partial charge in [0.15, 0.2) is 5.82 Å². The lowest BCUT2D eigenvalue weighted by atomic mass is 9.97. The molecule has 0 bridgehead atoms. The molecular formula is C33H27F3N4O4S. The number of anilines is 1. The Balaban J connectivity index is 1.69. The highest BCUT2D eigenvalue weighted by Gasteiger charge is 2.27. The van der Waals surface area contributed by atoms with Crippen LogP contribution < -0.4 is 9.62 Å². The average molecular weight is 633 g/mol. The molecule has 4 aromatic carbocycles. The molecule has 0 unspecified atom stereocenters. The van der Waals surface area contributed by atoms with Crippen molar-refractivity contribution in [2.24, 2.45) is 0 Å². The fourth-order valence-corrected chi connectivity index (χ4v) is 5.97. The SMILES string of the molecule is CNC(=O)c1c(-c2ccc(C)cc2)oc2cc(N(C)S(C)(=O)=O)c(-c3cc(F)c4nc(C)n(-c5cc(F)cc(F)c5)c4c3)cc12. The van der Waals surface area contributed by atoms with E-state index in [1.807, 2.05) is 31.2 Å². The zero-order chi connectivity index (χ0) is 32.4. The summed E-state index contributed by atoms with van der Waals surface area (Å²) >= 11 is 0. The molecule has 0 spiro atoms. The molecule has 0 aliphatic rings. The number of amides is 1. The van der Waals surface area contributed by atoms with E-state index in [-0.39, 0.29) is 56.3 Å². The van der Waals surface area contributed by atoms with Gasteiger partial charge in [-0.3, -0.25) is 13.7 Å². The molecule has 6 rings (SSSR count). The van der Waals surface area contributed by atoms with Crippen LogP contribution in [0.2, 0.25) is 0 Å². The third-order valence-electron chi connectivity index (χ3n) is 7.71. The van der Waals surface area contributed by atoms with Gasteiger partial charge in [0.2, 0.25) is 10.0 Å². The van der Waals surface area contributed by atoms with Gasteiger partial charge in [0.05, 0.1) is 28.7 Å². The molecule has 230 valence electrons. The summed E-state index contributed by atoms with van der Waals surface area (Å²) in [4.78, 5) is 17.5. The molecule has 6 aromatic rings. The second-order valence-corrected chi connectivity index (χ2v) is 12.8. The van der Waals surface area contributed by atoms with Crippen LogP contribution in [0.1, 0.15) is 21.7 Å². The largest absolute Gasteiger partial charge is 0.455 e. The summed E-state index contributed by atoms with van der Waals surface area (Å²) in [6, 6.07) is 16.1. The number of nitrogens with one attached hydrogen (secondary N) is 1. The first-order valence-corrected chi connectivity index (χ1v) is 15.6. The van der Waals surface area contributed by atoms with E-state index in [1.165, 1.54) is 30.8 Å². The minimum absolute atomic E-state index is 0.0453. The third kappa shape index (κ3) is 5.20. The van der Waals surface area contributed by atoms with Gasteiger partial charge in [0.25, 0.3) is 5.91 Å². The number of imidazole rings is 1. The van der Waals surface area contributed by atoms with E-state index < -0.39 is 33.4 Å². The first-order chi connectivity index (χ1) is 21.3. The van der Waals surface area contributed by atoms with E-state index in [0.717, 1.165) is 34.3 Å². The predicted molar refractivity (Wildman–Crippen MR) is 168 cm³/mol. The van der Waals surface area contributed by atoms with Gasteiger partial charge in [-0.05, 0) is 49.7 Å². The number of hydrogen-bond acceptors (Lipinski definition) is 5. The van der Waals surface area contributed by atoms with Gasteiger partial charge in [-0.15, -0.1) is 0 Å². The molecule has 12 heteroatoms. The Morgan fingerprint density at radius 3 is 2.22 bits per heavy atom. The molecule has 8 nitrogen and oxygen atoms in total. The maximum Gasteiger partial charge on any atom is 0.255 e. The van der Waals surface area contributed by atoms with Gasteiger partial charge < -0.3 is 9.73 Å². The van der Waals surface area contributed by atoms with Crippen LogP contribution in [-0.4, -0.2) is 44.2 Å². The van der Waals surface area contributed by atoms with Crippen molar-refractivity contribution >= 4 is 43.6 Å². The van der Waals surface area contributed by atoms with Crippen molar-refractivity contribution in [3.8, 4) is 28.1 Å². The molecule has 0 saturated heterocycles. The summed E-state index contributed by atoms with van der Waals surface area (Å²) in [5, 5.41) is 3.00. The summed E-state index contributed by atoms with van der Waals surface area (Å²) in [5.41, 5.74) is 2.95. The van der Waals surface area contributed by atoms with E-state index >= 15 is 4.39 Å². The zero-order valence-electron chi connectivity index (χ0n) is 24.9. The number of benzene rings is 4. The summed E-state index contributed by atoms with van der Waals surface area (Å²) in [6.45, 7) is 3.50. The second-order valence-electron chi connectivity index (χ2n) is 10.8. The molecule has 0 saturated carbocycles. The normalized spacial score (nSPS) is 11.8. The number of sulfonamides is 1. The number of rotatable bonds is 6. The second kappa shape index (κ2) is 10.8. The highest BCUT2D eigenvalue weighted by molar-refractivity contribution is 7.92. The van der Waals surface area contributed by atoms with Crippen molar-refractivity contribution in [1.82, 2.24) is 14.9 Å². The Hall–Kier alpha value is -5.10. The fourth-order valence-electron chi connectivity index (χ4n) is 5.46. The average Bonchev–Trinajstić information content (AvgIpc) is 3.52. The van der Waals surface area contributed by atoms with Crippen LogP contribution in [0, 0.1) is 31.3 Å². The van der Waals surface area contributed by atoms with Gasteiger partial charge >= 0.3 is 0 Å². The number of carbonyl (C=O) groups is 1. The van der Waals surface area contributed by atoms with Gasteiger partial charge in [-0.1, -0.05) is 29.8 Å². The molecule has 0 fully saturated rings. The monoisotopic (exact) mass is 632 g/mol. The zero-order valence-corrected chi connectivity index (χ0v) is 25.7. The van der Waals surface area contributed by atoms with Crippen LogP contribution in [0.3, 0.4) is 0 Å². The lowest BCUT2D eigenvalue weighted by Gasteiger charge is -2.21. The van der Waals surface area contributed by atoms with Gasteiger partial charge in [0.1, 0.15) is 34.3 Å². The Kier molecular flexibility index (Phi) is 7.19. The van der Waals surface area contributed by atoms with Crippen LogP contribution in [-0.2, 0) is 10.0 Å². The van der Waals surface area contributed by atoms with E-state index in [0.29, 0.717) is 10.9 Å². The highest BCUT2D eigenvalue weighted by Crippen LogP contribution is 2.42. The third-order valence-corrected chi connectivity index (χ3v) is 8.90. The molecule has 0 atom stereocenters. The smallest absolute Gasteiger partial charge is 0.255 e. The van der Waals surface area contributed by atoms with Crippen molar-refractivity contribution in [3.63, 3.8) is 0 Å². The number of aromatic nitrogens is 2. The predicted octanol–water partition coefficient (Wildman–Crippen LogP) is 6.90. The first kappa shape index (κ1) is 29.9. The van der Waals surface area contributed by atoms with Crippen LogP contribution in [0.4, 0.5) is 18.9 Å². The lowest BCUT2D eigenvalue weighted by Crippen LogP contribution is -2.25. The quantitative estimate of drug-likeness (QED) is 0.216. The molecule has 0 radical (unpaired) electrons. The number of fused-ring (bicyclic) bond motifs is 2. The van der Waals surface area contributed by atoms with Crippen molar-refractivity contribution in [3.05, 3.63) is 101 Å². The van der Waals surface area contributed by atoms with Gasteiger partial charge in [-0.25, -0.2) is 26.6 Å². The molecule has 1 amide bonds. The van der Waals surface area contributed by atoms with Crippen LogP contribution in [0.5, 0.6) is 0 Å². The van der Waals surface area contributed by atoms with Gasteiger partial charge in [0, 0.05) is 42.7 Å². The standard InChI is InChI=1S/C33H27F3N4O4S/c1-17-6-8-19(9-7-17)32-30(33(41)37-3)25-15-24(27(16-29(25)44-32)39(4)45(5,42)43)20-10-26(36)31-28(11-20)40(18(2)38-31)23-13-21(34)12-22(35)14-23/h6-16H,1-5H3,(H,37,41). The van der Waals surface area contributed by atoms with Crippen molar-refractivity contribution in [2.75, 3.05) is 24.7 Å². The topological polar surface area (TPSA) is 97.4 Å². The van der Waals surface area contributed by atoms with Gasteiger partial charge in [-0.2, -0.15) is 0 Å². The minimum atomic E-state index is -3.83. The number of halogens is 3. The summed E-state index contributed by atoms with van der Waals surface area (Å²) in [6.07, 6.45) is 1.03. The lowest BCUT2D eigenvalue weighted by molar-refractivity contribution is 0.0964. The van der Waals surface area contributed by atoms with Crippen LogP contribution in [0.25, 0.3) is 50.1 Å². The molecule has 0 aliphatic carbocycles. The molecule has 2 aromatic heterocycles. The number of nitrogens with zero attached hydrogens (tertiary/aromatic N) is 3. The number of aryl methyl sites for hydroxylation is 2. The summed E-state index contributed by atoms with van der Waals surface area (Å²) < 4.78 is 78.4. The number of carbonyl (C=O) groups excluding carboxylic acids is 1. The van der Waals surface area contributed by atoms with Crippen molar-refractivity contribution in [2.45, 2.75) is 13.8 Å². The fraction of sp³-hybridized carbons (Fsp3) is 0.152. The van der Waals surface area contributed by atoms with Crippen molar-refractivity contribution < 1.29 is 30.8 Å². The Morgan fingerprint density at radius 1 is 0.933 bits per heavy atom.